The van der Waals surface area contributed by atoms with Crippen molar-refractivity contribution in [2.24, 2.45) is 0 Å². The Morgan fingerprint density at radius 3 is 1.52 bits per heavy atom. The van der Waals surface area contributed by atoms with E-state index in [0.29, 0.717) is 17.4 Å². The van der Waals surface area contributed by atoms with Crippen LogP contribution in [0.5, 0.6) is 0 Å². The van der Waals surface area contributed by atoms with Gasteiger partial charge in [0.2, 0.25) is 0 Å². The van der Waals surface area contributed by atoms with Crippen LogP contribution in [0.4, 0.5) is 0 Å². The Hall–Kier alpha value is -1.77. The van der Waals surface area contributed by atoms with Crippen LogP contribution in [0, 0.1) is 0 Å². The molecule has 0 amide bonds. The van der Waals surface area contributed by atoms with Gasteiger partial charge in [-0.25, -0.2) is 0 Å². The monoisotopic (exact) mass is 812 g/mol. The first-order valence-electron chi connectivity index (χ1n) is 22.7. The average Bonchev–Trinajstić information content (AvgIpc) is 3.15. The summed E-state index contributed by atoms with van der Waals surface area (Å²) in [5.74, 6) is -0.849. The van der Waals surface area contributed by atoms with E-state index in [2.05, 4.69) is 50.3 Å². The second kappa shape index (κ2) is 38.7. The maximum Gasteiger partial charge on any atom is 0.306 e. The maximum atomic E-state index is 12.7. The zero-order valence-corrected chi connectivity index (χ0v) is 37.7. The number of carbonyl (C=O) groups excluding carboxylic acids is 2. The molecule has 0 aromatic rings. The number of quaternary nitrogens is 1. The van der Waals surface area contributed by atoms with E-state index in [4.69, 9.17) is 18.5 Å². The Morgan fingerprint density at radius 2 is 1.02 bits per heavy atom. The van der Waals surface area contributed by atoms with Crippen LogP contribution in [0.2, 0.25) is 0 Å². The van der Waals surface area contributed by atoms with Gasteiger partial charge in [-0.05, 0) is 44.9 Å². The van der Waals surface area contributed by atoms with Crippen molar-refractivity contribution >= 4 is 19.8 Å². The highest BCUT2D eigenvalue weighted by molar-refractivity contribution is 7.45. The fourth-order valence-electron chi connectivity index (χ4n) is 6.14. The van der Waals surface area contributed by atoms with E-state index in [0.717, 1.165) is 70.6 Å². The first kappa shape index (κ1) is 54.2. The number of allylic oxidation sites excluding steroid dienone is 6. The lowest BCUT2D eigenvalue weighted by Gasteiger charge is -2.28. The Kier molecular flexibility index (Phi) is 37.5. The Balaban J connectivity index is 4.33. The minimum atomic E-state index is -4.63. The van der Waals surface area contributed by atoms with Crippen molar-refractivity contribution in [1.82, 2.24) is 0 Å². The highest BCUT2D eigenvalue weighted by Gasteiger charge is 2.21. The lowest BCUT2D eigenvalue weighted by atomic mass is 10.0. The highest BCUT2D eigenvalue weighted by atomic mass is 31.2. The summed E-state index contributed by atoms with van der Waals surface area (Å²) in [5, 5.41) is 0. The van der Waals surface area contributed by atoms with E-state index in [1.54, 1.807) is 0 Å². The number of phosphoric acid groups is 1. The van der Waals surface area contributed by atoms with Gasteiger partial charge in [-0.15, -0.1) is 0 Å². The molecule has 0 fully saturated rings. The first-order chi connectivity index (χ1) is 27.0. The van der Waals surface area contributed by atoms with Crippen molar-refractivity contribution in [3.8, 4) is 0 Å². The summed E-state index contributed by atoms with van der Waals surface area (Å²) in [6.45, 7) is 4.11. The highest BCUT2D eigenvalue weighted by Crippen LogP contribution is 2.38. The Labute approximate surface area is 344 Å². The quantitative estimate of drug-likeness (QED) is 0.0197. The van der Waals surface area contributed by atoms with Crippen LogP contribution in [0.3, 0.4) is 0 Å². The number of ether oxygens (including phenoxy) is 2. The lowest BCUT2D eigenvalue weighted by Crippen LogP contribution is -2.37. The molecule has 0 bridgehead atoms. The predicted molar refractivity (Wildman–Crippen MR) is 231 cm³/mol. The minimum absolute atomic E-state index is 0.0338. The molecule has 0 heterocycles. The summed E-state index contributed by atoms with van der Waals surface area (Å²) in [6, 6.07) is 0. The summed E-state index contributed by atoms with van der Waals surface area (Å²) in [6.07, 6.45) is 43.1. The largest absolute Gasteiger partial charge is 0.756 e. The number of phosphoric ester groups is 1. The van der Waals surface area contributed by atoms with Crippen molar-refractivity contribution in [2.45, 2.75) is 200 Å². The summed E-state index contributed by atoms with van der Waals surface area (Å²) >= 11 is 0. The number of hydrogen-bond acceptors (Lipinski definition) is 8. The van der Waals surface area contributed by atoms with Gasteiger partial charge in [0.1, 0.15) is 19.8 Å². The molecule has 328 valence electrons. The van der Waals surface area contributed by atoms with Crippen LogP contribution in [-0.4, -0.2) is 70.0 Å². The number of rotatable bonds is 41. The molecule has 0 saturated carbocycles. The maximum absolute atomic E-state index is 12.7. The van der Waals surface area contributed by atoms with E-state index >= 15 is 0 Å². The number of hydrogen-bond donors (Lipinski definition) is 0. The van der Waals surface area contributed by atoms with Crippen LogP contribution in [0.15, 0.2) is 36.5 Å². The van der Waals surface area contributed by atoms with Crippen LogP contribution < -0.4 is 4.89 Å². The molecule has 10 heteroatoms. The van der Waals surface area contributed by atoms with Crippen molar-refractivity contribution in [3.05, 3.63) is 36.5 Å². The Bertz CT molecular complexity index is 1050. The van der Waals surface area contributed by atoms with E-state index in [1.165, 1.54) is 89.9 Å². The van der Waals surface area contributed by atoms with Gasteiger partial charge < -0.3 is 27.9 Å². The normalized spacial score (nSPS) is 13.9. The van der Waals surface area contributed by atoms with Gasteiger partial charge in [0.15, 0.2) is 6.10 Å². The van der Waals surface area contributed by atoms with Crippen molar-refractivity contribution < 1.29 is 42.1 Å². The molecular weight excluding hydrogens is 725 g/mol. The van der Waals surface area contributed by atoms with Crippen molar-refractivity contribution in [3.63, 3.8) is 0 Å². The van der Waals surface area contributed by atoms with Gasteiger partial charge in [-0.3, -0.25) is 14.2 Å². The molecule has 0 aromatic carbocycles. The zero-order chi connectivity index (χ0) is 41.4. The van der Waals surface area contributed by atoms with Crippen molar-refractivity contribution in [1.29, 1.82) is 0 Å². The van der Waals surface area contributed by atoms with Gasteiger partial charge in [0.05, 0.1) is 27.7 Å². The van der Waals surface area contributed by atoms with E-state index in [1.807, 2.05) is 21.1 Å². The third-order valence-electron chi connectivity index (χ3n) is 9.67. The summed E-state index contributed by atoms with van der Waals surface area (Å²) in [5.41, 5.74) is 0. The van der Waals surface area contributed by atoms with Crippen molar-refractivity contribution in [2.75, 3.05) is 47.5 Å². The third-order valence-corrected chi connectivity index (χ3v) is 10.6. The van der Waals surface area contributed by atoms with Gasteiger partial charge in [0.25, 0.3) is 7.82 Å². The zero-order valence-electron chi connectivity index (χ0n) is 36.8. The topological polar surface area (TPSA) is 111 Å². The van der Waals surface area contributed by atoms with Gasteiger partial charge in [0, 0.05) is 12.8 Å². The number of carbonyl (C=O) groups is 2. The average molecular weight is 812 g/mol. The fraction of sp³-hybridized carbons (Fsp3) is 0.826. The molecule has 0 aromatic heterocycles. The summed E-state index contributed by atoms with van der Waals surface area (Å²) in [7, 11) is 1.15. The predicted octanol–water partition coefficient (Wildman–Crippen LogP) is 12.3. The van der Waals surface area contributed by atoms with Crippen LogP contribution in [0.25, 0.3) is 0 Å². The SMILES string of the molecule is CC/C=C/C/C=C/C/C=C/CCCCCCCC(=O)O[C@H](COC(=O)CCCCCCCCCCCCCCCCCCC)COP(=O)([O-])OCC[N+](C)(C)C. The van der Waals surface area contributed by atoms with E-state index in [9.17, 15) is 19.0 Å². The first-order valence-corrected chi connectivity index (χ1v) is 24.2. The lowest BCUT2D eigenvalue weighted by molar-refractivity contribution is -0.870. The molecule has 0 aliphatic carbocycles. The number of esters is 2. The molecule has 1 unspecified atom stereocenters. The standard InChI is InChI=1S/C46H86NO8P/c1-6-8-10-12-14-16-18-20-22-23-25-26-28-30-32-34-36-38-45(48)52-42-44(43-54-56(50,51)53-41-40-47(3,4)5)55-46(49)39-37-35-33-31-29-27-24-21-19-17-15-13-11-9-7-2/h9,11,15,17,21,24,44H,6-8,10,12-14,16,18-20,22-23,25-43H2,1-5H3/b11-9+,17-15+,24-21+/t44-/m1/s1. The molecule has 0 spiro atoms. The second-order valence-corrected chi connectivity index (χ2v) is 17.8. The van der Waals surface area contributed by atoms with Gasteiger partial charge >= 0.3 is 11.9 Å². The van der Waals surface area contributed by atoms with Crippen LogP contribution in [-0.2, 0) is 32.7 Å². The van der Waals surface area contributed by atoms with E-state index in [-0.39, 0.29) is 32.0 Å². The third kappa shape index (κ3) is 41.9. The number of likely N-dealkylation sites (N-methyl/N-ethyl adjacent to an activating group) is 1. The molecule has 0 aliphatic heterocycles. The van der Waals surface area contributed by atoms with E-state index < -0.39 is 26.5 Å². The molecule has 0 N–H and O–H groups in total. The molecule has 0 saturated heterocycles. The molecule has 0 rings (SSSR count). The second-order valence-electron chi connectivity index (χ2n) is 16.4. The molecule has 56 heavy (non-hydrogen) atoms. The smallest absolute Gasteiger partial charge is 0.306 e. The number of nitrogens with zero attached hydrogens (tertiary/aromatic N) is 1. The molecular formula is C46H86NO8P. The fourth-order valence-corrected chi connectivity index (χ4v) is 6.87. The van der Waals surface area contributed by atoms with Gasteiger partial charge in [-0.2, -0.15) is 0 Å². The Morgan fingerprint density at radius 1 is 0.571 bits per heavy atom. The van der Waals surface area contributed by atoms with Crippen LogP contribution >= 0.6 is 7.82 Å². The molecule has 2 atom stereocenters. The molecule has 9 nitrogen and oxygen atoms in total. The van der Waals surface area contributed by atoms with Crippen LogP contribution in [0.1, 0.15) is 194 Å². The summed E-state index contributed by atoms with van der Waals surface area (Å²) in [4.78, 5) is 37.5. The van der Waals surface area contributed by atoms with Gasteiger partial charge in [-0.1, -0.05) is 172 Å². The molecule has 0 aliphatic rings. The minimum Gasteiger partial charge on any atom is -0.756 e. The number of unbranched alkanes of at least 4 members (excludes halogenated alkanes) is 21. The molecule has 0 radical (unpaired) electrons. The summed E-state index contributed by atoms with van der Waals surface area (Å²) < 4.78 is 33.9.